The van der Waals surface area contributed by atoms with Gasteiger partial charge in [0.1, 0.15) is 6.33 Å². The predicted octanol–water partition coefficient (Wildman–Crippen LogP) is 3.71. The summed E-state index contributed by atoms with van der Waals surface area (Å²) in [6.45, 7) is 0. The quantitative estimate of drug-likeness (QED) is 0.654. The number of hydrogen-bond donors (Lipinski definition) is 0. The van der Waals surface area contributed by atoms with E-state index in [0.29, 0.717) is 18.1 Å². The summed E-state index contributed by atoms with van der Waals surface area (Å²) in [4.78, 5) is 7.76. The molecular formula is C14H9F6N5. The summed E-state index contributed by atoms with van der Waals surface area (Å²) in [5.41, 5.74) is -3.24. The number of aromatic nitrogens is 5. The highest BCUT2D eigenvalue weighted by molar-refractivity contribution is 5.58. The highest BCUT2D eigenvalue weighted by Gasteiger charge is 2.37. The van der Waals surface area contributed by atoms with E-state index in [1.54, 1.807) is 17.8 Å². The number of aryl methyl sites for hydroxylation is 1. The third-order valence-corrected chi connectivity index (χ3v) is 3.34. The van der Waals surface area contributed by atoms with Crippen LogP contribution >= 0.6 is 0 Å². The Bertz CT molecular complexity index is 873. The molecule has 3 rings (SSSR count). The average molecular weight is 361 g/mol. The first-order chi connectivity index (χ1) is 11.6. The molecule has 0 atom stereocenters. The Morgan fingerprint density at radius 2 is 1.48 bits per heavy atom. The maximum atomic E-state index is 12.9. The minimum atomic E-state index is -4.93. The van der Waals surface area contributed by atoms with Crippen LogP contribution in [0.3, 0.4) is 0 Å². The van der Waals surface area contributed by atoms with Crippen molar-refractivity contribution in [3.8, 4) is 17.3 Å². The summed E-state index contributed by atoms with van der Waals surface area (Å²) >= 11 is 0. The molecule has 0 N–H and O–H groups in total. The summed E-state index contributed by atoms with van der Waals surface area (Å²) in [5.74, 6) is 0.0290. The van der Waals surface area contributed by atoms with Gasteiger partial charge in [-0.3, -0.25) is 0 Å². The van der Waals surface area contributed by atoms with Crippen LogP contribution in [0.4, 0.5) is 26.3 Å². The monoisotopic (exact) mass is 361 g/mol. The van der Waals surface area contributed by atoms with Crippen LogP contribution in [0, 0.1) is 0 Å². The van der Waals surface area contributed by atoms with Crippen molar-refractivity contribution in [2.45, 2.75) is 12.4 Å². The van der Waals surface area contributed by atoms with Crippen molar-refractivity contribution in [3.05, 3.63) is 48.0 Å². The van der Waals surface area contributed by atoms with Crippen LogP contribution in [0.2, 0.25) is 0 Å². The van der Waals surface area contributed by atoms with Gasteiger partial charge < -0.3 is 4.57 Å². The second kappa shape index (κ2) is 5.60. The molecule has 0 spiro atoms. The second-order valence-electron chi connectivity index (χ2n) is 5.15. The summed E-state index contributed by atoms with van der Waals surface area (Å²) in [5, 5.41) is 3.92. The maximum Gasteiger partial charge on any atom is 0.416 e. The van der Waals surface area contributed by atoms with Crippen LogP contribution in [0.25, 0.3) is 17.3 Å². The first-order valence-corrected chi connectivity index (χ1v) is 6.75. The van der Waals surface area contributed by atoms with E-state index in [9.17, 15) is 26.3 Å². The lowest BCUT2D eigenvalue weighted by Gasteiger charge is -2.13. The average Bonchev–Trinajstić information content (AvgIpc) is 3.13. The zero-order valence-electron chi connectivity index (χ0n) is 12.5. The number of hydrogen-bond acceptors (Lipinski definition) is 3. The Hall–Kier alpha value is -2.85. The highest BCUT2D eigenvalue weighted by atomic mass is 19.4. The molecule has 1 aromatic carbocycles. The van der Waals surface area contributed by atoms with E-state index in [-0.39, 0.29) is 11.9 Å². The van der Waals surface area contributed by atoms with Crippen LogP contribution < -0.4 is 0 Å². The largest absolute Gasteiger partial charge is 0.416 e. The molecule has 0 aliphatic heterocycles. The van der Waals surface area contributed by atoms with Crippen LogP contribution in [0.5, 0.6) is 0 Å². The summed E-state index contributed by atoms with van der Waals surface area (Å²) < 4.78 is 80.2. The molecule has 0 aliphatic carbocycles. The van der Waals surface area contributed by atoms with Crippen molar-refractivity contribution in [2.75, 3.05) is 0 Å². The lowest BCUT2D eigenvalue weighted by molar-refractivity contribution is -0.143. The number of rotatable bonds is 2. The number of nitrogens with zero attached hydrogens (tertiary/aromatic N) is 5. The van der Waals surface area contributed by atoms with E-state index in [0.717, 1.165) is 11.0 Å². The van der Waals surface area contributed by atoms with Crippen molar-refractivity contribution < 1.29 is 26.3 Å². The highest BCUT2D eigenvalue weighted by Crippen LogP contribution is 2.38. The van der Waals surface area contributed by atoms with Gasteiger partial charge in [-0.05, 0) is 18.2 Å². The molecule has 0 amide bonds. The van der Waals surface area contributed by atoms with Crippen molar-refractivity contribution in [3.63, 3.8) is 0 Å². The third-order valence-electron chi connectivity index (χ3n) is 3.34. The molecule has 0 radical (unpaired) electrons. The Kier molecular flexibility index (Phi) is 3.81. The molecule has 0 aliphatic rings. The van der Waals surface area contributed by atoms with Gasteiger partial charge >= 0.3 is 12.4 Å². The molecule has 0 bridgehead atoms. The zero-order chi connectivity index (χ0) is 18.4. The normalized spacial score (nSPS) is 12.6. The zero-order valence-corrected chi connectivity index (χ0v) is 12.5. The number of imidazole rings is 1. The summed E-state index contributed by atoms with van der Waals surface area (Å²) in [6, 6.07) is 1.21. The van der Waals surface area contributed by atoms with Crippen molar-refractivity contribution in [1.29, 1.82) is 0 Å². The van der Waals surface area contributed by atoms with Gasteiger partial charge in [0.2, 0.25) is 5.95 Å². The smallest absolute Gasteiger partial charge is 0.319 e. The molecule has 2 aromatic heterocycles. The van der Waals surface area contributed by atoms with Gasteiger partial charge in [0.05, 0.1) is 11.1 Å². The molecule has 11 heteroatoms. The van der Waals surface area contributed by atoms with Gasteiger partial charge in [0.25, 0.3) is 0 Å². The molecule has 132 valence electrons. The van der Waals surface area contributed by atoms with Gasteiger partial charge in [-0.25, -0.2) is 9.97 Å². The first-order valence-electron chi connectivity index (χ1n) is 6.75. The number of alkyl halides is 6. The Morgan fingerprint density at radius 1 is 0.880 bits per heavy atom. The van der Waals surface area contributed by atoms with Crippen molar-refractivity contribution >= 4 is 0 Å². The molecule has 5 nitrogen and oxygen atoms in total. The van der Waals surface area contributed by atoms with Crippen LogP contribution in [-0.4, -0.2) is 24.3 Å². The minimum Gasteiger partial charge on any atom is -0.319 e. The van der Waals surface area contributed by atoms with Crippen molar-refractivity contribution in [2.24, 2.45) is 7.05 Å². The SMILES string of the molecule is Cn1ccnc1-n1cnc(-c2cc(C(F)(F)F)cc(C(F)(F)F)c2)n1. The van der Waals surface area contributed by atoms with Gasteiger partial charge in [0, 0.05) is 25.0 Å². The molecule has 0 fully saturated rings. The van der Waals surface area contributed by atoms with Gasteiger partial charge in [-0.15, -0.1) is 5.10 Å². The van der Waals surface area contributed by atoms with Gasteiger partial charge in [-0.2, -0.15) is 31.0 Å². The van der Waals surface area contributed by atoms with Gasteiger partial charge in [-0.1, -0.05) is 0 Å². The van der Waals surface area contributed by atoms with E-state index in [1.807, 2.05) is 0 Å². The molecule has 3 aromatic rings. The molecular weight excluding hydrogens is 352 g/mol. The number of benzene rings is 1. The maximum absolute atomic E-state index is 12.9. The van der Waals surface area contributed by atoms with E-state index in [2.05, 4.69) is 15.1 Å². The van der Waals surface area contributed by atoms with Crippen LogP contribution in [0.15, 0.2) is 36.9 Å². The predicted molar refractivity (Wildman–Crippen MR) is 73.6 cm³/mol. The van der Waals surface area contributed by atoms with E-state index in [4.69, 9.17) is 0 Å². The second-order valence-corrected chi connectivity index (χ2v) is 5.15. The first kappa shape index (κ1) is 17.0. The lowest BCUT2D eigenvalue weighted by atomic mass is 10.0. The van der Waals surface area contributed by atoms with Gasteiger partial charge in [0.15, 0.2) is 5.82 Å². The van der Waals surface area contributed by atoms with E-state index < -0.39 is 29.0 Å². The molecule has 25 heavy (non-hydrogen) atoms. The molecule has 0 saturated heterocycles. The fraction of sp³-hybridized carbons (Fsp3) is 0.214. The van der Waals surface area contributed by atoms with Crippen LogP contribution in [0.1, 0.15) is 11.1 Å². The fourth-order valence-corrected chi connectivity index (χ4v) is 2.15. The molecule has 0 saturated carbocycles. The van der Waals surface area contributed by atoms with E-state index in [1.165, 1.54) is 6.20 Å². The lowest BCUT2D eigenvalue weighted by Crippen LogP contribution is -2.11. The summed E-state index contributed by atoms with van der Waals surface area (Å²) in [6.07, 6.45) is -5.65. The van der Waals surface area contributed by atoms with Crippen molar-refractivity contribution in [1.82, 2.24) is 24.3 Å². The topological polar surface area (TPSA) is 48.5 Å². The Labute approximate surface area is 136 Å². The summed E-state index contributed by atoms with van der Waals surface area (Å²) in [7, 11) is 1.65. The Morgan fingerprint density at radius 3 is 1.96 bits per heavy atom. The number of halogens is 6. The fourth-order valence-electron chi connectivity index (χ4n) is 2.15. The molecule has 2 heterocycles. The van der Waals surface area contributed by atoms with Crippen LogP contribution in [-0.2, 0) is 19.4 Å². The standard InChI is InChI=1S/C14H9F6N5/c1-24-3-2-21-12(24)25-7-22-11(23-25)8-4-9(13(15,16)17)6-10(5-8)14(18,19)20/h2-7H,1H3. The third kappa shape index (κ3) is 3.35. The Balaban J connectivity index is 2.11. The molecule has 0 unspecified atom stereocenters. The minimum absolute atomic E-state index is 0.0548. The van der Waals surface area contributed by atoms with E-state index >= 15 is 0 Å².